The van der Waals surface area contributed by atoms with Gasteiger partial charge in [-0.05, 0) is 46.2 Å². The normalized spacial score (nSPS) is 12.7. The SMILES string of the molecule is N=C(N)c1ccc(CNC(=O)c2cccc3cc(C(N)(Cc4ccccc4)C(=O)O)ccc23)s1. The Balaban J connectivity index is 1.60. The van der Waals surface area contributed by atoms with E-state index < -0.39 is 11.5 Å². The molecule has 0 aliphatic heterocycles. The van der Waals surface area contributed by atoms with Crippen LogP contribution in [0.2, 0.25) is 0 Å². The molecule has 0 saturated carbocycles. The highest BCUT2D eigenvalue weighted by molar-refractivity contribution is 7.14. The first-order valence-electron chi connectivity index (χ1n) is 10.6. The van der Waals surface area contributed by atoms with Gasteiger partial charge in [-0.2, -0.15) is 0 Å². The van der Waals surface area contributed by atoms with Gasteiger partial charge in [0.2, 0.25) is 0 Å². The van der Waals surface area contributed by atoms with E-state index in [9.17, 15) is 14.7 Å². The molecule has 8 heteroatoms. The van der Waals surface area contributed by atoms with E-state index in [1.807, 2.05) is 42.5 Å². The lowest BCUT2D eigenvalue weighted by atomic mass is 9.83. The average Bonchev–Trinajstić information content (AvgIpc) is 3.32. The van der Waals surface area contributed by atoms with Crippen LogP contribution >= 0.6 is 11.3 Å². The highest BCUT2D eigenvalue weighted by Gasteiger charge is 2.36. The van der Waals surface area contributed by atoms with Gasteiger partial charge in [0, 0.05) is 16.9 Å². The standard InChI is InChI=1S/C26H24N4O3S/c27-23(28)22-12-10-19(34-22)15-30-24(31)21-8-4-7-17-13-18(9-11-20(17)21)26(29,25(32)33)14-16-5-2-1-3-6-16/h1-13H,14-15,29H2,(H3,27,28)(H,30,31)(H,32,33). The number of nitrogen functional groups attached to an aromatic ring is 1. The molecule has 7 nitrogen and oxygen atoms in total. The lowest BCUT2D eigenvalue weighted by molar-refractivity contribution is -0.143. The molecule has 0 radical (unpaired) electrons. The van der Waals surface area contributed by atoms with Crippen molar-refractivity contribution in [1.29, 1.82) is 5.41 Å². The van der Waals surface area contributed by atoms with Crippen LogP contribution in [-0.2, 0) is 23.3 Å². The molecule has 0 saturated heterocycles. The molecule has 34 heavy (non-hydrogen) atoms. The Hall–Kier alpha value is -4.01. The number of aliphatic carboxylic acids is 1. The number of carbonyl (C=O) groups excluding carboxylic acids is 1. The van der Waals surface area contributed by atoms with Gasteiger partial charge in [0.15, 0.2) is 0 Å². The maximum Gasteiger partial charge on any atom is 0.328 e. The third kappa shape index (κ3) is 4.68. The van der Waals surface area contributed by atoms with Crippen molar-refractivity contribution >= 4 is 39.8 Å². The fraction of sp³-hybridized carbons (Fsp3) is 0.115. The molecule has 0 aliphatic carbocycles. The van der Waals surface area contributed by atoms with Crippen LogP contribution in [0.1, 0.15) is 31.2 Å². The average molecular weight is 473 g/mol. The maximum absolute atomic E-state index is 12.9. The lowest BCUT2D eigenvalue weighted by Crippen LogP contribution is -2.46. The summed E-state index contributed by atoms with van der Waals surface area (Å²) >= 11 is 1.36. The predicted molar refractivity (Wildman–Crippen MR) is 134 cm³/mol. The molecule has 1 atom stereocenters. The second-order valence-electron chi connectivity index (χ2n) is 8.04. The molecule has 3 aromatic carbocycles. The summed E-state index contributed by atoms with van der Waals surface area (Å²) < 4.78 is 0. The van der Waals surface area contributed by atoms with E-state index in [1.165, 1.54) is 11.3 Å². The number of benzene rings is 3. The minimum Gasteiger partial charge on any atom is -0.480 e. The fourth-order valence-electron chi connectivity index (χ4n) is 3.86. The second kappa shape index (κ2) is 9.46. The van der Waals surface area contributed by atoms with Gasteiger partial charge in [-0.1, -0.05) is 54.6 Å². The summed E-state index contributed by atoms with van der Waals surface area (Å²) in [4.78, 5) is 26.6. The van der Waals surface area contributed by atoms with Crippen LogP contribution in [0.25, 0.3) is 10.8 Å². The van der Waals surface area contributed by atoms with Crippen LogP contribution in [0.3, 0.4) is 0 Å². The first kappa shape index (κ1) is 23.2. The zero-order valence-electron chi connectivity index (χ0n) is 18.2. The van der Waals surface area contributed by atoms with Gasteiger partial charge in [0.1, 0.15) is 11.4 Å². The molecule has 0 fully saturated rings. The molecular weight excluding hydrogens is 448 g/mol. The molecular formula is C26H24N4O3S. The van der Waals surface area contributed by atoms with Crippen LogP contribution < -0.4 is 16.8 Å². The van der Waals surface area contributed by atoms with Gasteiger partial charge in [0.05, 0.1) is 11.4 Å². The van der Waals surface area contributed by atoms with E-state index in [1.54, 1.807) is 36.4 Å². The predicted octanol–water partition coefficient (Wildman–Crippen LogP) is 3.60. The summed E-state index contributed by atoms with van der Waals surface area (Å²) in [7, 11) is 0. The van der Waals surface area contributed by atoms with Gasteiger partial charge < -0.3 is 21.9 Å². The molecule has 0 spiro atoms. The lowest BCUT2D eigenvalue weighted by Gasteiger charge is -2.26. The molecule has 1 heterocycles. The number of nitrogens with two attached hydrogens (primary N) is 2. The van der Waals surface area contributed by atoms with Crippen LogP contribution in [0.5, 0.6) is 0 Å². The summed E-state index contributed by atoms with van der Waals surface area (Å²) in [5.41, 5.74) is 12.1. The molecule has 4 rings (SSSR count). The van der Waals surface area contributed by atoms with Crippen LogP contribution in [0, 0.1) is 5.41 Å². The van der Waals surface area contributed by atoms with E-state index in [4.69, 9.17) is 16.9 Å². The number of hydrogen-bond acceptors (Lipinski definition) is 5. The first-order chi connectivity index (χ1) is 16.3. The summed E-state index contributed by atoms with van der Waals surface area (Å²) in [5.74, 6) is -1.37. The van der Waals surface area contributed by atoms with Crippen LogP contribution in [0.15, 0.2) is 78.9 Å². The van der Waals surface area contributed by atoms with Crippen molar-refractivity contribution in [2.45, 2.75) is 18.5 Å². The van der Waals surface area contributed by atoms with E-state index in [0.717, 1.165) is 15.8 Å². The Morgan fingerprint density at radius 1 is 1.00 bits per heavy atom. The van der Waals surface area contributed by atoms with Crippen molar-refractivity contribution < 1.29 is 14.7 Å². The van der Waals surface area contributed by atoms with Crippen molar-refractivity contribution in [3.63, 3.8) is 0 Å². The molecule has 0 bridgehead atoms. The monoisotopic (exact) mass is 472 g/mol. The number of fused-ring (bicyclic) bond motifs is 1. The highest BCUT2D eigenvalue weighted by atomic mass is 32.1. The summed E-state index contributed by atoms with van der Waals surface area (Å²) in [5, 5.41) is 21.8. The van der Waals surface area contributed by atoms with Crippen molar-refractivity contribution in [3.05, 3.63) is 105 Å². The summed E-state index contributed by atoms with van der Waals surface area (Å²) in [6, 6.07) is 23.3. The topological polar surface area (TPSA) is 142 Å². The third-order valence-corrected chi connectivity index (χ3v) is 6.82. The summed E-state index contributed by atoms with van der Waals surface area (Å²) in [6.45, 7) is 0.313. The molecule has 1 aromatic heterocycles. The molecule has 4 aromatic rings. The van der Waals surface area contributed by atoms with E-state index >= 15 is 0 Å². The van der Waals surface area contributed by atoms with Crippen molar-refractivity contribution in [1.82, 2.24) is 5.32 Å². The molecule has 7 N–H and O–H groups in total. The number of carboxylic acid groups (broad SMARTS) is 1. The number of carboxylic acids is 1. The smallest absolute Gasteiger partial charge is 0.328 e. The van der Waals surface area contributed by atoms with E-state index in [2.05, 4.69) is 5.32 Å². The van der Waals surface area contributed by atoms with Gasteiger partial charge in [-0.25, -0.2) is 4.79 Å². The second-order valence-corrected chi connectivity index (χ2v) is 9.21. The molecule has 1 unspecified atom stereocenters. The van der Waals surface area contributed by atoms with Crippen molar-refractivity contribution in [3.8, 4) is 0 Å². The third-order valence-electron chi connectivity index (χ3n) is 5.70. The number of amidine groups is 1. The summed E-state index contributed by atoms with van der Waals surface area (Å²) in [6.07, 6.45) is 0.137. The van der Waals surface area contributed by atoms with Gasteiger partial charge >= 0.3 is 5.97 Å². The van der Waals surface area contributed by atoms with Crippen LogP contribution in [0.4, 0.5) is 0 Å². The van der Waals surface area contributed by atoms with Crippen molar-refractivity contribution in [2.75, 3.05) is 0 Å². The Labute approximate surface area is 200 Å². The quantitative estimate of drug-likeness (QED) is 0.197. The minimum atomic E-state index is -1.61. The van der Waals surface area contributed by atoms with E-state index in [-0.39, 0.29) is 18.2 Å². The minimum absolute atomic E-state index is 0.00274. The molecule has 172 valence electrons. The number of rotatable bonds is 8. The molecule has 1 amide bonds. The number of carbonyl (C=O) groups is 2. The van der Waals surface area contributed by atoms with Crippen LogP contribution in [-0.4, -0.2) is 22.8 Å². The number of amides is 1. The molecule has 0 aliphatic rings. The number of hydrogen-bond donors (Lipinski definition) is 5. The van der Waals surface area contributed by atoms with Gasteiger partial charge in [-0.3, -0.25) is 10.2 Å². The highest BCUT2D eigenvalue weighted by Crippen LogP contribution is 2.29. The Kier molecular flexibility index (Phi) is 6.45. The van der Waals surface area contributed by atoms with Gasteiger partial charge in [-0.15, -0.1) is 11.3 Å². The Bertz CT molecular complexity index is 1380. The zero-order chi connectivity index (χ0) is 24.3. The Morgan fingerprint density at radius 3 is 2.44 bits per heavy atom. The number of nitrogens with one attached hydrogen (secondary N) is 2. The Morgan fingerprint density at radius 2 is 1.76 bits per heavy atom. The van der Waals surface area contributed by atoms with E-state index in [0.29, 0.717) is 27.9 Å². The van der Waals surface area contributed by atoms with Crippen molar-refractivity contribution in [2.24, 2.45) is 11.5 Å². The fourth-order valence-corrected chi connectivity index (χ4v) is 4.67. The zero-order valence-corrected chi connectivity index (χ0v) is 19.1. The number of thiophene rings is 1. The largest absolute Gasteiger partial charge is 0.480 e. The maximum atomic E-state index is 12.9. The van der Waals surface area contributed by atoms with Gasteiger partial charge in [0.25, 0.3) is 5.91 Å². The first-order valence-corrected chi connectivity index (χ1v) is 11.4.